The van der Waals surface area contributed by atoms with Gasteiger partial charge < -0.3 is 5.11 Å². The Kier molecular flexibility index (Phi) is 5.36. The van der Waals surface area contributed by atoms with E-state index < -0.39 is 10.0 Å². The maximum atomic E-state index is 12.0. The van der Waals surface area contributed by atoms with Crippen LogP contribution in [0.1, 0.15) is 11.1 Å². The molecule has 0 aliphatic heterocycles. The van der Waals surface area contributed by atoms with Gasteiger partial charge in [0.05, 0.1) is 5.75 Å². The van der Waals surface area contributed by atoms with Crippen molar-refractivity contribution in [2.75, 3.05) is 17.1 Å². The van der Waals surface area contributed by atoms with Crippen LogP contribution in [0.3, 0.4) is 0 Å². The minimum atomic E-state index is -3.36. The number of nitrogens with one attached hydrogen (secondary N) is 1. The molecule has 0 unspecified atom stereocenters. The molecule has 0 atom stereocenters. The molecule has 2 aromatic carbocycles. The van der Waals surface area contributed by atoms with E-state index in [0.717, 1.165) is 11.1 Å². The molecule has 0 spiro atoms. The van der Waals surface area contributed by atoms with E-state index in [1.54, 1.807) is 12.1 Å². The summed E-state index contributed by atoms with van der Waals surface area (Å²) in [6, 6.07) is 16.6. The Hall–Kier alpha value is -1.85. The van der Waals surface area contributed by atoms with Crippen LogP contribution in [0.25, 0.3) is 0 Å². The topological polar surface area (TPSA) is 66.4 Å². The average Bonchev–Trinajstić information content (AvgIpc) is 2.48. The van der Waals surface area contributed by atoms with Gasteiger partial charge in [0.25, 0.3) is 0 Å². The Bertz CT molecular complexity index is 652. The minimum absolute atomic E-state index is 0.0510. The van der Waals surface area contributed by atoms with Crippen molar-refractivity contribution < 1.29 is 13.5 Å². The Morgan fingerprint density at radius 3 is 2.10 bits per heavy atom. The third-order valence-electron chi connectivity index (χ3n) is 3.13. The highest BCUT2D eigenvalue weighted by atomic mass is 32.2. The summed E-state index contributed by atoms with van der Waals surface area (Å²) >= 11 is 0. The predicted octanol–water partition coefficient (Wildman–Crippen LogP) is 2.21. The van der Waals surface area contributed by atoms with Crippen LogP contribution in [-0.2, 0) is 22.9 Å². The molecule has 0 aliphatic rings. The zero-order valence-corrected chi connectivity index (χ0v) is 12.5. The molecule has 2 rings (SSSR count). The van der Waals surface area contributed by atoms with Crippen LogP contribution in [0.4, 0.5) is 5.69 Å². The fourth-order valence-corrected chi connectivity index (χ4v) is 3.10. The third kappa shape index (κ3) is 5.21. The van der Waals surface area contributed by atoms with Gasteiger partial charge in [0.1, 0.15) is 0 Å². The van der Waals surface area contributed by atoms with Crippen molar-refractivity contribution in [1.29, 1.82) is 0 Å². The normalized spacial score (nSPS) is 11.3. The van der Waals surface area contributed by atoms with E-state index in [4.69, 9.17) is 5.11 Å². The highest BCUT2D eigenvalue weighted by Gasteiger charge is 2.10. The van der Waals surface area contributed by atoms with Gasteiger partial charge in [-0.15, -0.1) is 0 Å². The van der Waals surface area contributed by atoms with Gasteiger partial charge in [0.2, 0.25) is 10.0 Å². The third-order valence-corrected chi connectivity index (χ3v) is 4.42. The molecule has 0 radical (unpaired) electrons. The molecule has 0 saturated carbocycles. The number of aliphatic hydroxyl groups is 1. The quantitative estimate of drug-likeness (QED) is 0.824. The molecule has 5 heteroatoms. The van der Waals surface area contributed by atoms with Crippen molar-refractivity contribution in [1.82, 2.24) is 0 Å². The van der Waals surface area contributed by atoms with Gasteiger partial charge in [0, 0.05) is 12.3 Å². The van der Waals surface area contributed by atoms with Crippen LogP contribution in [0.5, 0.6) is 0 Å². The number of aliphatic hydroxyl groups excluding tert-OH is 1. The van der Waals surface area contributed by atoms with Crippen LogP contribution in [-0.4, -0.2) is 25.9 Å². The summed E-state index contributed by atoms with van der Waals surface area (Å²) in [5.41, 5.74) is 2.52. The summed E-state index contributed by atoms with van der Waals surface area (Å²) in [5, 5.41) is 8.84. The maximum absolute atomic E-state index is 12.0. The van der Waals surface area contributed by atoms with Crippen LogP contribution in [0, 0.1) is 0 Å². The molecule has 21 heavy (non-hydrogen) atoms. The number of hydrogen-bond donors (Lipinski definition) is 2. The maximum Gasteiger partial charge on any atom is 0.233 e. The van der Waals surface area contributed by atoms with Crippen molar-refractivity contribution in [3.8, 4) is 0 Å². The van der Waals surface area contributed by atoms with Crippen molar-refractivity contribution in [2.24, 2.45) is 0 Å². The van der Waals surface area contributed by atoms with Gasteiger partial charge in [-0.2, -0.15) is 0 Å². The highest BCUT2D eigenvalue weighted by molar-refractivity contribution is 7.92. The lowest BCUT2D eigenvalue weighted by molar-refractivity contribution is 0.299. The first-order valence-electron chi connectivity index (χ1n) is 6.83. The SMILES string of the molecule is O=S(=O)(CCc1ccccc1)Nc1ccc(CCO)cc1. The molecule has 0 amide bonds. The highest BCUT2D eigenvalue weighted by Crippen LogP contribution is 2.12. The molecule has 0 fully saturated rings. The average molecular weight is 305 g/mol. The molecule has 112 valence electrons. The van der Waals surface area contributed by atoms with Crippen LogP contribution in [0.2, 0.25) is 0 Å². The van der Waals surface area contributed by atoms with Crippen molar-refractivity contribution >= 4 is 15.7 Å². The zero-order chi connectivity index (χ0) is 15.1. The smallest absolute Gasteiger partial charge is 0.233 e. The Labute approximate surface area is 125 Å². The Morgan fingerprint density at radius 2 is 1.48 bits per heavy atom. The van der Waals surface area contributed by atoms with E-state index in [0.29, 0.717) is 18.5 Å². The van der Waals surface area contributed by atoms with E-state index in [1.165, 1.54) is 0 Å². The van der Waals surface area contributed by atoms with E-state index in [-0.39, 0.29) is 12.4 Å². The summed E-state index contributed by atoms with van der Waals surface area (Å²) in [6.45, 7) is 0.0855. The number of sulfonamides is 1. The first-order valence-corrected chi connectivity index (χ1v) is 8.48. The van der Waals surface area contributed by atoms with Gasteiger partial charge in [-0.05, 0) is 36.1 Å². The van der Waals surface area contributed by atoms with E-state index >= 15 is 0 Å². The van der Waals surface area contributed by atoms with E-state index in [2.05, 4.69) is 4.72 Å². The largest absolute Gasteiger partial charge is 0.396 e. The lowest BCUT2D eigenvalue weighted by Crippen LogP contribution is -2.18. The summed E-state index contributed by atoms with van der Waals surface area (Å²) in [5.74, 6) is 0.0510. The monoisotopic (exact) mass is 305 g/mol. The second-order valence-corrected chi connectivity index (χ2v) is 6.67. The number of hydrogen-bond acceptors (Lipinski definition) is 3. The van der Waals surface area contributed by atoms with Crippen LogP contribution in [0.15, 0.2) is 54.6 Å². The molecule has 4 nitrogen and oxygen atoms in total. The first-order chi connectivity index (χ1) is 10.1. The Morgan fingerprint density at radius 1 is 0.857 bits per heavy atom. The standard InChI is InChI=1S/C16H19NO3S/c18-12-10-15-6-8-16(9-7-15)17-21(19,20)13-11-14-4-2-1-3-5-14/h1-9,17-18H,10-13H2. The molecule has 2 aromatic rings. The lowest BCUT2D eigenvalue weighted by Gasteiger charge is -2.09. The van der Waals surface area contributed by atoms with Crippen molar-refractivity contribution in [3.05, 3.63) is 65.7 Å². The molecule has 2 N–H and O–H groups in total. The zero-order valence-electron chi connectivity index (χ0n) is 11.7. The minimum Gasteiger partial charge on any atom is -0.396 e. The summed E-state index contributed by atoms with van der Waals surface area (Å²) < 4.78 is 26.6. The molecule has 0 aliphatic carbocycles. The van der Waals surface area contributed by atoms with E-state index in [1.807, 2.05) is 42.5 Å². The van der Waals surface area contributed by atoms with Gasteiger partial charge in [-0.25, -0.2) is 8.42 Å². The molecule has 0 bridgehead atoms. The van der Waals surface area contributed by atoms with Gasteiger partial charge >= 0.3 is 0 Å². The molecule has 0 heterocycles. The number of rotatable bonds is 7. The summed E-state index contributed by atoms with van der Waals surface area (Å²) in [7, 11) is -3.36. The van der Waals surface area contributed by atoms with Crippen LogP contribution < -0.4 is 4.72 Å². The van der Waals surface area contributed by atoms with Crippen molar-refractivity contribution in [3.63, 3.8) is 0 Å². The number of benzene rings is 2. The number of anilines is 1. The fourth-order valence-electron chi connectivity index (χ4n) is 2.00. The second-order valence-electron chi connectivity index (χ2n) is 4.83. The summed E-state index contributed by atoms with van der Waals surface area (Å²) in [6.07, 6.45) is 1.06. The first kappa shape index (κ1) is 15.5. The van der Waals surface area contributed by atoms with Gasteiger partial charge in [-0.1, -0.05) is 42.5 Å². The van der Waals surface area contributed by atoms with Gasteiger partial charge in [0.15, 0.2) is 0 Å². The number of aryl methyl sites for hydroxylation is 1. The molecular weight excluding hydrogens is 286 g/mol. The van der Waals surface area contributed by atoms with E-state index in [9.17, 15) is 8.42 Å². The van der Waals surface area contributed by atoms with Crippen LogP contribution >= 0.6 is 0 Å². The lowest BCUT2D eigenvalue weighted by atomic mass is 10.1. The van der Waals surface area contributed by atoms with Crippen molar-refractivity contribution in [2.45, 2.75) is 12.8 Å². The fraction of sp³-hybridized carbons (Fsp3) is 0.250. The Balaban J connectivity index is 1.94. The molecule has 0 saturated heterocycles. The predicted molar refractivity (Wildman–Crippen MR) is 84.8 cm³/mol. The molecular formula is C16H19NO3S. The van der Waals surface area contributed by atoms with Gasteiger partial charge in [-0.3, -0.25) is 4.72 Å². The molecule has 0 aromatic heterocycles. The summed E-state index contributed by atoms with van der Waals surface area (Å²) in [4.78, 5) is 0. The second kappa shape index (κ2) is 7.24.